The molecular formula is C11H10BrClN2S. The van der Waals surface area contributed by atoms with Gasteiger partial charge in [0.1, 0.15) is 5.82 Å². The molecule has 0 spiro atoms. The van der Waals surface area contributed by atoms with Crippen molar-refractivity contribution in [3.8, 4) is 0 Å². The topological polar surface area (TPSA) is 16.1 Å². The lowest BCUT2D eigenvalue weighted by molar-refractivity contribution is 0.898. The Bertz CT molecular complexity index is 473. The molecule has 2 aromatic heterocycles. The van der Waals surface area contributed by atoms with Crippen molar-refractivity contribution in [3.05, 3.63) is 44.1 Å². The summed E-state index contributed by atoms with van der Waals surface area (Å²) in [5.74, 6) is 0.899. The minimum Gasteiger partial charge on any atom is -0.354 e. The van der Waals surface area contributed by atoms with E-state index in [-0.39, 0.29) is 0 Å². The van der Waals surface area contributed by atoms with Gasteiger partial charge in [-0.15, -0.1) is 0 Å². The summed E-state index contributed by atoms with van der Waals surface area (Å²) in [6.07, 6.45) is 1.66. The normalized spacial score (nSPS) is 10.4. The number of pyridine rings is 1. The molecule has 0 saturated carbocycles. The highest BCUT2D eigenvalue weighted by Gasteiger charge is 2.08. The van der Waals surface area contributed by atoms with Gasteiger partial charge in [-0.3, -0.25) is 0 Å². The predicted octanol–water partition coefficient (Wildman–Crippen LogP) is 4.20. The van der Waals surface area contributed by atoms with E-state index >= 15 is 0 Å². The SMILES string of the molecule is CN(Cc1ccsc1)c1ncc(Cl)cc1Br. The fraction of sp³-hybridized carbons (Fsp3) is 0.182. The fourth-order valence-corrected chi connectivity index (χ4v) is 3.02. The standard InChI is InChI=1S/C11H10BrClN2S/c1-15(6-8-2-3-16-7-8)11-10(12)4-9(13)5-14-11/h2-5,7H,6H2,1H3. The van der Waals surface area contributed by atoms with Gasteiger partial charge in [-0.2, -0.15) is 11.3 Å². The molecule has 0 N–H and O–H groups in total. The summed E-state index contributed by atoms with van der Waals surface area (Å²) in [7, 11) is 2.01. The first-order valence-corrected chi connectivity index (χ1v) is 6.81. The molecule has 0 bridgehead atoms. The van der Waals surface area contributed by atoms with Gasteiger partial charge in [-0.25, -0.2) is 4.98 Å². The maximum atomic E-state index is 5.86. The van der Waals surface area contributed by atoms with E-state index in [1.54, 1.807) is 17.5 Å². The van der Waals surface area contributed by atoms with Gasteiger partial charge in [-0.05, 0) is 44.4 Å². The average molecular weight is 318 g/mol. The van der Waals surface area contributed by atoms with E-state index in [1.807, 2.05) is 13.1 Å². The summed E-state index contributed by atoms with van der Waals surface area (Å²) in [4.78, 5) is 6.39. The lowest BCUT2D eigenvalue weighted by atomic mass is 10.3. The Balaban J connectivity index is 2.17. The highest BCUT2D eigenvalue weighted by molar-refractivity contribution is 9.10. The van der Waals surface area contributed by atoms with Crippen molar-refractivity contribution >= 4 is 44.7 Å². The molecule has 0 saturated heterocycles. The molecule has 0 amide bonds. The van der Waals surface area contributed by atoms with Crippen molar-refractivity contribution in [1.29, 1.82) is 0 Å². The van der Waals surface area contributed by atoms with Crippen LogP contribution < -0.4 is 4.90 Å². The predicted molar refractivity (Wildman–Crippen MR) is 73.4 cm³/mol. The van der Waals surface area contributed by atoms with Crippen LogP contribution in [0.25, 0.3) is 0 Å². The number of rotatable bonds is 3. The van der Waals surface area contributed by atoms with Crippen LogP contribution in [0, 0.1) is 0 Å². The van der Waals surface area contributed by atoms with Crippen LogP contribution in [0.5, 0.6) is 0 Å². The number of thiophene rings is 1. The van der Waals surface area contributed by atoms with Crippen molar-refractivity contribution in [2.24, 2.45) is 0 Å². The van der Waals surface area contributed by atoms with Crippen LogP contribution in [0.3, 0.4) is 0 Å². The molecule has 0 radical (unpaired) electrons. The van der Waals surface area contributed by atoms with Gasteiger partial charge in [0.25, 0.3) is 0 Å². The van der Waals surface area contributed by atoms with Gasteiger partial charge in [-0.1, -0.05) is 11.6 Å². The van der Waals surface area contributed by atoms with Crippen LogP contribution in [0.2, 0.25) is 5.02 Å². The lowest BCUT2D eigenvalue weighted by Crippen LogP contribution is -2.17. The number of hydrogen-bond donors (Lipinski definition) is 0. The van der Waals surface area contributed by atoms with E-state index in [0.717, 1.165) is 16.8 Å². The van der Waals surface area contributed by atoms with E-state index in [4.69, 9.17) is 11.6 Å². The molecule has 16 heavy (non-hydrogen) atoms. The van der Waals surface area contributed by atoms with Gasteiger partial charge < -0.3 is 4.90 Å². The number of hydrogen-bond acceptors (Lipinski definition) is 3. The number of aromatic nitrogens is 1. The quantitative estimate of drug-likeness (QED) is 0.843. The van der Waals surface area contributed by atoms with E-state index in [1.165, 1.54) is 5.56 Å². The van der Waals surface area contributed by atoms with Crippen LogP contribution in [-0.4, -0.2) is 12.0 Å². The minimum atomic E-state index is 0.638. The maximum absolute atomic E-state index is 5.86. The molecule has 0 aliphatic heterocycles. The highest BCUT2D eigenvalue weighted by atomic mass is 79.9. The Kier molecular flexibility index (Phi) is 3.84. The third-order valence-electron chi connectivity index (χ3n) is 2.15. The van der Waals surface area contributed by atoms with Gasteiger partial charge in [0.2, 0.25) is 0 Å². The van der Waals surface area contributed by atoms with Gasteiger partial charge >= 0.3 is 0 Å². The lowest BCUT2D eigenvalue weighted by Gasteiger charge is -2.18. The summed E-state index contributed by atoms with van der Waals surface area (Å²) in [5.41, 5.74) is 1.29. The molecule has 84 valence electrons. The number of halogens is 2. The zero-order valence-electron chi connectivity index (χ0n) is 8.65. The van der Waals surface area contributed by atoms with Crippen molar-refractivity contribution in [2.45, 2.75) is 6.54 Å². The molecule has 2 heterocycles. The van der Waals surface area contributed by atoms with Crippen LogP contribution in [0.4, 0.5) is 5.82 Å². The maximum Gasteiger partial charge on any atom is 0.143 e. The second-order valence-corrected chi connectivity index (χ2v) is 5.52. The van der Waals surface area contributed by atoms with Gasteiger partial charge in [0.05, 0.1) is 9.50 Å². The minimum absolute atomic E-state index is 0.638. The molecule has 0 fully saturated rings. The second-order valence-electron chi connectivity index (χ2n) is 3.45. The first-order valence-electron chi connectivity index (χ1n) is 4.70. The molecule has 0 aliphatic rings. The summed E-state index contributed by atoms with van der Waals surface area (Å²) in [6.45, 7) is 0.844. The average Bonchev–Trinajstić information content (AvgIpc) is 2.70. The monoisotopic (exact) mass is 316 g/mol. The summed E-state index contributed by atoms with van der Waals surface area (Å²) < 4.78 is 0.915. The summed E-state index contributed by atoms with van der Waals surface area (Å²) >= 11 is 11.0. The fourth-order valence-electron chi connectivity index (χ4n) is 1.42. The Morgan fingerprint density at radius 1 is 1.56 bits per heavy atom. The Morgan fingerprint density at radius 3 is 3.00 bits per heavy atom. The summed E-state index contributed by atoms with van der Waals surface area (Å²) in [6, 6.07) is 3.97. The Morgan fingerprint density at radius 2 is 2.38 bits per heavy atom. The van der Waals surface area contributed by atoms with E-state index in [9.17, 15) is 0 Å². The van der Waals surface area contributed by atoms with Gasteiger partial charge in [0.15, 0.2) is 0 Å². The van der Waals surface area contributed by atoms with Crippen molar-refractivity contribution in [2.75, 3.05) is 11.9 Å². The first kappa shape index (κ1) is 11.9. The second kappa shape index (κ2) is 5.17. The molecule has 2 aromatic rings. The van der Waals surface area contributed by atoms with E-state index < -0.39 is 0 Å². The Labute approximate surface area is 112 Å². The third-order valence-corrected chi connectivity index (χ3v) is 3.67. The smallest absolute Gasteiger partial charge is 0.143 e. The van der Waals surface area contributed by atoms with Crippen molar-refractivity contribution in [1.82, 2.24) is 4.98 Å². The summed E-state index contributed by atoms with van der Waals surface area (Å²) in [5, 5.41) is 4.85. The molecule has 2 rings (SSSR count). The molecule has 0 aliphatic carbocycles. The van der Waals surface area contributed by atoms with Crippen LogP contribution in [0.15, 0.2) is 33.6 Å². The molecular weight excluding hydrogens is 308 g/mol. The van der Waals surface area contributed by atoms with Crippen molar-refractivity contribution < 1.29 is 0 Å². The van der Waals surface area contributed by atoms with E-state index in [0.29, 0.717) is 5.02 Å². The zero-order chi connectivity index (χ0) is 11.5. The zero-order valence-corrected chi connectivity index (χ0v) is 11.8. The molecule has 0 unspecified atom stereocenters. The van der Waals surface area contributed by atoms with Crippen LogP contribution in [-0.2, 0) is 6.54 Å². The number of nitrogens with zero attached hydrogens (tertiary/aromatic N) is 2. The number of anilines is 1. The molecule has 2 nitrogen and oxygen atoms in total. The third kappa shape index (κ3) is 2.75. The molecule has 0 aromatic carbocycles. The largest absolute Gasteiger partial charge is 0.354 e. The molecule has 5 heteroatoms. The van der Waals surface area contributed by atoms with Crippen molar-refractivity contribution in [3.63, 3.8) is 0 Å². The van der Waals surface area contributed by atoms with Crippen LogP contribution in [0.1, 0.15) is 5.56 Å². The molecule has 0 atom stereocenters. The van der Waals surface area contributed by atoms with E-state index in [2.05, 4.69) is 42.6 Å². The first-order chi connectivity index (χ1) is 7.66. The van der Waals surface area contributed by atoms with Gasteiger partial charge in [0, 0.05) is 19.8 Å². The highest BCUT2D eigenvalue weighted by Crippen LogP contribution is 2.26. The van der Waals surface area contributed by atoms with Crippen LogP contribution >= 0.6 is 38.9 Å². The Hall–Kier alpha value is -0.580.